The molecule has 0 aliphatic carbocycles. The number of carbonyl (C=O) groups is 2. The summed E-state index contributed by atoms with van der Waals surface area (Å²) in [6.07, 6.45) is 8.91. The minimum Gasteiger partial charge on any atom is -0.459 e. The fourth-order valence-electron chi connectivity index (χ4n) is 2.23. The first-order valence-electron chi connectivity index (χ1n) is 10.9. The predicted octanol–water partition coefficient (Wildman–Crippen LogP) is -0.314. The topological polar surface area (TPSA) is 430 Å². The van der Waals surface area contributed by atoms with E-state index in [1.807, 2.05) is 13.8 Å². The summed E-state index contributed by atoms with van der Waals surface area (Å²) in [6, 6.07) is 6.39. The maximum Gasteiger partial charge on any atom is 3.00 e. The summed E-state index contributed by atoms with van der Waals surface area (Å²) in [4.78, 5) is 61.3. The minimum absolute atomic E-state index is 0. The molecule has 0 radical (unpaired) electrons. The Morgan fingerprint density at radius 3 is 1.26 bits per heavy atom. The maximum absolute atomic E-state index is 11.4. The van der Waals surface area contributed by atoms with Crippen LogP contribution >= 0.6 is 0 Å². The summed E-state index contributed by atoms with van der Waals surface area (Å²) in [6.45, 7) is 3.73. The Morgan fingerprint density at radius 1 is 0.745 bits per heavy atom. The quantitative estimate of drug-likeness (QED) is 0.0840. The summed E-state index contributed by atoms with van der Waals surface area (Å²) in [5.41, 5.74) is 7.80. The SMILES string of the molecule is Cc1[nH]cnc1/C=N\NC(=O)c1ccco1.Cc1[nH]cnc1/C=N\NC(=O)c1ccco1.O.O=[N+]([O-])[O-].O=[N+]([O-])[O-].O=[N+]([O-])[O-].[OH3+].[Pr+3]. The van der Waals surface area contributed by atoms with Crippen molar-refractivity contribution in [1.82, 2.24) is 30.8 Å². The molecule has 4 rings (SSSR count). The molecule has 4 aromatic rings. The van der Waals surface area contributed by atoms with Gasteiger partial charge in [0.15, 0.2) is 11.5 Å². The van der Waals surface area contributed by atoms with Crippen molar-refractivity contribution in [3.63, 3.8) is 0 Å². The van der Waals surface area contributed by atoms with Crippen LogP contribution in [0.2, 0.25) is 0 Å². The number of nitrogens with one attached hydrogen (secondary N) is 4. The first-order chi connectivity index (χ1) is 20.7. The Kier molecular flexibility index (Phi) is 28.3. The van der Waals surface area contributed by atoms with Crippen LogP contribution in [0.4, 0.5) is 0 Å². The van der Waals surface area contributed by atoms with E-state index in [0.717, 1.165) is 11.4 Å². The molecule has 26 nitrogen and oxygen atoms in total. The van der Waals surface area contributed by atoms with E-state index in [9.17, 15) is 9.59 Å². The minimum atomic E-state index is -1.75. The second-order valence-electron chi connectivity index (χ2n) is 6.85. The van der Waals surface area contributed by atoms with Gasteiger partial charge in [-0.2, -0.15) is 10.2 Å². The molecule has 0 aliphatic heterocycles. The molecule has 0 atom stereocenters. The van der Waals surface area contributed by atoms with Crippen LogP contribution in [0.3, 0.4) is 0 Å². The second kappa shape index (κ2) is 27.7. The van der Waals surface area contributed by atoms with Gasteiger partial charge in [-0.25, -0.2) is 20.8 Å². The van der Waals surface area contributed by atoms with Crippen LogP contribution in [0.1, 0.15) is 43.9 Å². The number of hydrogen-bond acceptors (Lipinski definition) is 17. The fourth-order valence-corrected chi connectivity index (χ4v) is 2.23. The Balaban J connectivity index is -0.000000281. The largest absolute Gasteiger partial charge is 3.00 e. The van der Waals surface area contributed by atoms with E-state index in [4.69, 9.17) is 54.8 Å². The van der Waals surface area contributed by atoms with Crippen LogP contribution in [0.15, 0.2) is 68.5 Å². The smallest absolute Gasteiger partial charge is 0.459 e. The van der Waals surface area contributed by atoms with Gasteiger partial charge in [-0.05, 0) is 38.1 Å². The maximum atomic E-state index is 11.4. The molecule has 4 aromatic heterocycles. The van der Waals surface area contributed by atoms with Gasteiger partial charge in [0, 0.05) is 11.4 Å². The average Bonchev–Trinajstić information content (AvgIpc) is 3.74. The molecule has 27 heteroatoms. The Labute approximate surface area is 293 Å². The van der Waals surface area contributed by atoms with Crippen molar-refractivity contribution >= 4 is 24.2 Å². The number of amides is 2. The van der Waals surface area contributed by atoms with E-state index >= 15 is 0 Å². The van der Waals surface area contributed by atoms with Gasteiger partial charge < -0.3 is 75.7 Å². The van der Waals surface area contributed by atoms with Crippen molar-refractivity contribution in [3.8, 4) is 0 Å². The van der Waals surface area contributed by atoms with E-state index in [1.165, 1.54) is 25.0 Å². The summed E-state index contributed by atoms with van der Waals surface area (Å²) < 4.78 is 9.80. The van der Waals surface area contributed by atoms with Crippen LogP contribution in [0.25, 0.3) is 0 Å². The van der Waals surface area contributed by atoms with Gasteiger partial charge in [0.25, 0.3) is 0 Å². The Hall–Kier alpha value is -5.86. The Morgan fingerprint density at radius 2 is 1.04 bits per heavy atom. The molecular weight excluding hydrogens is 775 g/mol. The summed E-state index contributed by atoms with van der Waals surface area (Å²) in [5, 5.41) is 51.8. The molecule has 0 bridgehead atoms. The third-order valence-electron chi connectivity index (χ3n) is 3.93. The molecule has 0 spiro atoms. The molecule has 0 aromatic carbocycles. The number of nitrogens with zero attached hydrogens (tertiary/aromatic N) is 7. The fraction of sp³-hybridized carbons (Fsp3) is 0.100. The predicted molar refractivity (Wildman–Crippen MR) is 154 cm³/mol. The van der Waals surface area contributed by atoms with E-state index < -0.39 is 27.1 Å². The molecule has 0 unspecified atom stereocenters. The number of carbonyl (C=O) groups excluding carboxylic acids is 2. The zero-order chi connectivity index (χ0) is 33.5. The molecule has 252 valence electrons. The van der Waals surface area contributed by atoms with E-state index in [-0.39, 0.29) is 63.8 Å². The second-order valence-corrected chi connectivity index (χ2v) is 6.85. The van der Waals surface area contributed by atoms with Crippen molar-refractivity contribution < 1.29 is 85.9 Å². The first-order valence-corrected chi connectivity index (χ1v) is 10.9. The van der Waals surface area contributed by atoms with Crippen molar-refractivity contribution in [3.05, 3.63) is 130 Å². The van der Waals surface area contributed by atoms with E-state index in [2.05, 4.69) is 41.0 Å². The number of rotatable bonds is 6. The monoisotopic (exact) mass is 800 g/mol. The van der Waals surface area contributed by atoms with Gasteiger partial charge in [0.2, 0.25) is 0 Å². The molecule has 0 fully saturated rings. The number of hydrogen-bond donors (Lipinski definition) is 4. The zero-order valence-electron chi connectivity index (χ0n) is 23.9. The average molecular weight is 800 g/mol. The van der Waals surface area contributed by atoms with Crippen LogP contribution in [-0.2, 0) is 5.48 Å². The van der Waals surface area contributed by atoms with Gasteiger partial charge >= 0.3 is 53.1 Å². The molecular formula is C20H25N11O15Pr+. The molecule has 47 heavy (non-hydrogen) atoms. The summed E-state index contributed by atoms with van der Waals surface area (Å²) in [5.74, 6) is -0.351. The van der Waals surface area contributed by atoms with Gasteiger partial charge in [-0.3, -0.25) is 9.59 Å². The molecule has 0 aliphatic rings. The third-order valence-corrected chi connectivity index (χ3v) is 3.93. The molecule has 9 N–H and O–H groups in total. The van der Waals surface area contributed by atoms with Crippen molar-refractivity contribution in [2.45, 2.75) is 13.8 Å². The van der Waals surface area contributed by atoms with Crippen molar-refractivity contribution in [1.29, 1.82) is 0 Å². The van der Waals surface area contributed by atoms with Gasteiger partial charge in [0.1, 0.15) is 11.4 Å². The number of hydrazone groups is 2. The molecule has 0 saturated heterocycles. The van der Waals surface area contributed by atoms with Crippen LogP contribution in [0, 0.1) is 101 Å². The molecule has 4 heterocycles. The Bertz CT molecular complexity index is 1370. The standard InChI is InChI=1S/2C10H10N4O2.3NO3.2H2O.Pr/c2*1-7-8(12-6-11-7)5-13-14-10(15)9-3-2-4-16-9;3*2-1(3)4;;;/h2*2-6H,1H3,(H,11,12)(H,14,15);;;;2*1H2;/q;;3*-1;;;+3/p+1/b2*13-5-;;;;;;. The number of aromatic nitrogens is 4. The van der Waals surface area contributed by atoms with Crippen LogP contribution in [-0.4, -0.2) is 64.9 Å². The van der Waals surface area contributed by atoms with E-state index in [1.54, 1.807) is 36.9 Å². The van der Waals surface area contributed by atoms with Gasteiger partial charge in [-0.1, -0.05) is 0 Å². The van der Waals surface area contributed by atoms with Crippen molar-refractivity contribution in [2.75, 3.05) is 0 Å². The van der Waals surface area contributed by atoms with Crippen LogP contribution in [0.5, 0.6) is 0 Å². The zero-order valence-corrected chi connectivity index (χ0v) is 27.6. The number of imidazole rings is 2. The number of furan rings is 2. The first kappa shape index (κ1) is 48.1. The van der Waals surface area contributed by atoms with Gasteiger partial charge in [0.05, 0.1) is 52.9 Å². The van der Waals surface area contributed by atoms with Crippen LogP contribution < -0.4 is 10.9 Å². The normalized spacial score (nSPS) is 8.89. The third kappa shape index (κ3) is 25.2. The van der Waals surface area contributed by atoms with Crippen molar-refractivity contribution in [2.24, 2.45) is 10.2 Å². The van der Waals surface area contributed by atoms with E-state index in [0.29, 0.717) is 11.4 Å². The number of H-pyrrole nitrogens is 2. The summed E-state index contributed by atoms with van der Waals surface area (Å²) in [7, 11) is 0. The number of aromatic amines is 2. The molecule has 0 saturated carbocycles. The number of aryl methyl sites for hydroxylation is 2. The molecule has 2 amide bonds. The van der Waals surface area contributed by atoms with Gasteiger partial charge in [-0.15, -0.1) is 0 Å². The summed E-state index contributed by atoms with van der Waals surface area (Å²) >= 11 is 0.